The van der Waals surface area contributed by atoms with Crippen molar-refractivity contribution in [2.75, 3.05) is 6.61 Å². The number of aliphatic imine (C=N–C) groups is 1. The third-order valence-electron chi connectivity index (χ3n) is 6.19. The van der Waals surface area contributed by atoms with Gasteiger partial charge in [-0.15, -0.1) is 0 Å². The molecule has 0 fully saturated rings. The molecule has 0 saturated heterocycles. The van der Waals surface area contributed by atoms with Crippen molar-refractivity contribution in [3.8, 4) is 0 Å². The minimum atomic E-state index is -1.93. The van der Waals surface area contributed by atoms with Crippen LogP contribution in [0.5, 0.6) is 0 Å². The molecule has 0 amide bonds. The van der Waals surface area contributed by atoms with Gasteiger partial charge in [0.25, 0.3) is 0 Å². The van der Waals surface area contributed by atoms with Crippen LogP contribution >= 0.6 is 0 Å². The van der Waals surface area contributed by atoms with Crippen molar-refractivity contribution in [2.24, 2.45) is 4.99 Å². The molecular weight excluding hydrogens is 402 g/mol. The van der Waals surface area contributed by atoms with Crippen LogP contribution in [0, 0.1) is 0 Å². The van der Waals surface area contributed by atoms with Crippen molar-refractivity contribution >= 4 is 14.2 Å². The van der Waals surface area contributed by atoms with E-state index in [0.717, 1.165) is 11.1 Å². The van der Waals surface area contributed by atoms with E-state index in [1.165, 1.54) is 0 Å². The van der Waals surface area contributed by atoms with Gasteiger partial charge in [-0.1, -0.05) is 75.9 Å². The van der Waals surface area contributed by atoms with Gasteiger partial charge in [-0.25, -0.2) is 4.99 Å². The minimum Gasteiger partial charge on any atom is -0.467 e. The molecule has 0 aliphatic carbocycles. The number of benzene rings is 2. The van der Waals surface area contributed by atoms with Crippen molar-refractivity contribution in [1.82, 2.24) is 0 Å². The zero-order valence-corrected chi connectivity index (χ0v) is 20.4. The van der Waals surface area contributed by atoms with Crippen LogP contribution in [0.15, 0.2) is 78.3 Å². The van der Waals surface area contributed by atoms with E-state index in [-0.39, 0.29) is 23.3 Å². The zero-order chi connectivity index (χ0) is 22.5. The summed E-state index contributed by atoms with van der Waals surface area (Å²) in [5.74, 6) is 0.619. The van der Waals surface area contributed by atoms with Crippen LogP contribution < -0.4 is 0 Å². The highest BCUT2D eigenvalue weighted by atomic mass is 28.4. The Balaban J connectivity index is 1.86. The van der Waals surface area contributed by atoms with E-state index < -0.39 is 8.32 Å². The van der Waals surface area contributed by atoms with E-state index in [1.807, 2.05) is 54.6 Å². The highest BCUT2D eigenvalue weighted by Crippen LogP contribution is 2.37. The van der Waals surface area contributed by atoms with Crippen molar-refractivity contribution in [1.29, 1.82) is 0 Å². The normalized spacial score (nSPS) is 21.8. The number of rotatable bonds is 8. The summed E-state index contributed by atoms with van der Waals surface area (Å²) in [7, 11) is -1.93. The topological polar surface area (TPSA) is 40.0 Å². The summed E-state index contributed by atoms with van der Waals surface area (Å²) < 4.78 is 19.1. The molecule has 3 rings (SSSR count). The van der Waals surface area contributed by atoms with Crippen LogP contribution in [-0.4, -0.2) is 39.1 Å². The predicted octanol–water partition coefficient (Wildman–Crippen LogP) is 5.99. The molecule has 31 heavy (non-hydrogen) atoms. The lowest BCUT2D eigenvalue weighted by atomic mass is 10.0. The quantitative estimate of drug-likeness (QED) is 0.376. The molecule has 3 atom stereocenters. The molecule has 1 aliphatic heterocycles. The molecule has 1 aliphatic rings. The number of nitrogens with zero attached hydrogens (tertiary/aromatic N) is 1. The molecule has 0 radical (unpaired) electrons. The van der Waals surface area contributed by atoms with E-state index >= 15 is 0 Å². The molecule has 166 valence electrons. The van der Waals surface area contributed by atoms with E-state index in [1.54, 1.807) is 0 Å². The Hall–Kier alpha value is -2.21. The fourth-order valence-electron chi connectivity index (χ4n) is 3.19. The maximum absolute atomic E-state index is 6.55. The Morgan fingerprint density at radius 2 is 1.65 bits per heavy atom. The molecule has 4 nitrogen and oxygen atoms in total. The lowest BCUT2D eigenvalue weighted by molar-refractivity contribution is -0.0526. The van der Waals surface area contributed by atoms with Crippen molar-refractivity contribution in [3.63, 3.8) is 0 Å². The largest absolute Gasteiger partial charge is 0.467 e. The molecule has 0 aromatic heterocycles. The van der Waals surface area contributed by atoms with Gasteiger partial charge in [0.05, 0.1) is 13.2 Å². The van der Waals surface area contributed by atoms with Gasteiger partial charge in [-0.3, -0.25) is 0 Å². The summed E-state index contributed by atoms with van der Waals surface area (Å²) in [5.41, 5.74) is 2.07. The fourth-order valence-corrected chi connectivity index (χ4v) is 4.21. The Kier molecular flexibility index (Phi) is 7.52. The van der Waals surface area contributed by atoms with Gasteiger partial charge in [0.2, 0.25) is 5.90 Å². The fraction of sp³-hybridized carbons (Fsp3) is 0.423. The first-order chi connectivity index (χ1) is 14.7. The lowest BCUT2D eigenvalue weighted by Crippen LogP contribution is -2.50. The summed E-state index contributed by atoms with van der Waals surface area (Å²) >= 11 is 0. The van der Waals surface area contributed by atoms with E-state index in [4.69, 9.17) is 18.9 Å². The van der Waals surface area contributed by atoms with Crippen LogP contribution in [-0.2, 0) is 20.5 Å². The number of hydrogen-bond donors (Lipinski definition) is 0. The molecule has 0 bridgehead atoms. The smallest absolute Gasteiger partial charge is 0.217 e. The zero-order valence-electron chi connectivity index (χ0n) is 19.4. The van der Waals surface area contributed by atoms with Crippen molar-refractivity contribution in [3.05, 3.63) is 84.4 Å². The second-order valence-corrected chi connectivity index (χ2v) is 14.3. The van der Waals surface area contributed by atoms with Crippen molar-refractivity contribution in [2.45, 2.75) is 63.8 Å². The Morgan fingerprint density at radius 1 is 1.03 bits per heavy atom. The highest BCUT2D eigenvalue weighted by molar-refractivity contribution is 6.74. The van der Waals surface area contributed by atoms with Crippen LogP contribution in [0.2, 0.25) is 18.1 Å². The van der Waals surface area contributed by atoms with E-state index in [9.17, 15) is 0 Å². The SMILES string of the molecule is C=C[C@@H]1OC(c2ccccc2)=N[C@@H](CO[Si](C)(C)C(C)(C)C)[C@@H]1OCc1ccccc1. The summed E-state index contributed by atoms with van der Waals surface area (Å²) in [4.78, 5) is 4.95. The van der Waals surface area contributed by atoms with Gasteiger partial charge < -0.3 is 13.9 Å². The Morgan fingerprint density at radius 3 is 2.23 bits per heavy atom. The summed E-state index contributed by atoms with van der Waals surface area (Å²) in [6.07, 6.45) is 1.24. The first kappa shape index (κ1) is 23.5. The molecule has 5 heteroatoms. The monoisotopic (exact) mass is 437 g/mol. The minimum absolute atomic E-state index is 0.127. The molecule has 0 spiro atoms. The average molecular weight is 438 g/mol. The summed E-state index contributed by atoms with van der Waals surface area (Å²) in [6.45, 7) is 16.3. The summed E-state index contributed by atoms with van der Waals surface area (Å²) in [6, 6.07) is 20.0. The molecule has 0 unspecified atom stereocenters. The predicted molar refractivity (Wildman–Crippen MR) is 130 cm³/mol. The third kappa shape index (κ3) is 5.94. The van der Waals surface area contributed by atoms with E-state index in [2.05, 4.69) is 52.6 Å². The second-order valence-electron chi connectivity index (χ2n) is 9.52. The van der Waals surface area contributed by atoms with Crippen LogP contribution in [0.25, 0.3) is 0 Å². The Bertz CT molecular complexity index is 875. The maximum atomic E-state index is 6.55. The third-order valence-corrected chi connectivity index (χ3v) is 10.7. The van der Waals surface area contributed by atoms with Gasteiger partial charge in [-0.2, -0.15) is 0 Å². The Labute approximate surface area is 188 Å². The molecular formula is C26H35NO3Si. The second kappa shape index (κ2) is 9.94. The molecule has 1 heterocycles. The van der Waals surface area contributed by atoms with Gasteiger partial charge in [0, 0.05) is 5.56 Å². The first-order valence-corrected chi connectivity index (χ1v) is 13.8. The van der Waals surface area contributed by atoms with Gasteiger partial charge in [-0.05, 0) is 41.9 Å². The van der Waals surface area contributed by atoms with Gasteiger partial charge in [0.1, 0.15) is 18.2 Å². The molecule has 0 N–H and O–H groups in total. The molecule has 2 aromatic carbocycles. The van der Waals surface area contributed by atoms with Crippen molar-refractivity contribution < 1.29 is 13.9 Å². The number of hydrogen-bond acceptors (Lipinski definition) is 4. The lowest BCUT2D eigenvalue weighted by Gasteiger charge is -2.40. The standard InChI is InChI=1S/C26H35NO3Si/c1-7-23-24(28-18-20-14-10-8-11-15-20)22(19-29-31(5,6)26(2,3)4)27-25(30-23)21-16-12-9-13-17-21/h7-17,22-24H,1,18-19H2,2-6H3/t22-,23-,24-/m0/s1. The van der Waals surface area contributed by atoms with Gasteiger partial charge >= 0.3 is 0 Å². The highest BCUT2D eigenvalue weighted by Gasteiger charge is 2.41. The molecule has 2 aromatic rings. The van der Waals surface area contributed by atoms with E-state index in [0.29, 0.717) is 19.1 Å². The average Bonchev–Trinajstić information content (AvgIpc) is 2.76. The maximum Gasteiger partial charge on any atom is 0.217 e. The van der Waals surface area contributed by atoms with Crippen LogP contribution in [0.4, 0.5) is 0 Å². The molecule has 0 saturated carbocycles. The first-order valence-electron chi connectivity index (χ1n) is 10.9. The number of ether oxygens (including phenoxy) is 2. The van der Waals surface area contributed by atoms with Crippen LogP contribution in [0.1, 0.15) is 31.9 Å². The summed E-state index contributed by atoms with van der Waals surface area (Å²) in [5, 5.41) is 0.127. The van der Waals surface area contributed by atoms with Gasteiger partial charge in [0.15, 0.2) is 8.32 Å². The van der Waals surface area contributed by atoms with Crippen LogP contribution in [0.3, 0.4) is 0 Å².